The third kappa shape index (κ3) is 7.50. The average Bonchev–Trinajstić information content (AvgIpc) is 2.95. The van der Waals surface area contributed by atoms with Crippen LogP contribution in [-0.2, 0) is 32.6 Å². The highest BCUT2D eigenvalue weighted by atomic mass is 32.2. The fourth-order valence-corrected chi connectivity index (χ4v) is 6.03. The van der Waals surface area contributed by atoms with E-state index in [1.54, 1.807) is 36.4 Å². The Hall–Kier alpha value is -3.65. The molecule has 3 rings (SSSR count). The third-order valence-corrected chi connectivity index (χ3v) is 8.71. The van der Waals surface area contributed by atoms with Crippen molar-refractivity contribution in [1.82, 2.24) is 10.2 Å². The molecule has 0 radical (unpaired) electrons. The van der Waals surface area contributed by atoms with E-state index < -0.39 is 28.5 Å². The normalized spacial score (nSPS) is 12.0. The topological polar surface area (TPSA) is 86.8 Å². The molecule has 0 bridgehead atoms. The van der Waals surface area contributed by atoms with Gasteiger partial charge in [0.25, 0.3) is 10.0 Å². The smallest absolute Gasteiger partial charge is 0.264 e. The number of nitrogens with zero attached hydrogens (tertiary/aromatic N) is 2. The molecule has 3 aromatic rings. The highest BCUT2D eigenvalue weighted by Crippen LogP contribution is 2.28. The molecule has 0 fully saturated rings. The van der Waals surface area contributed by atoms with E-state index in [1.165, 1.54) is 9.21 Å². The Morgan fingerprint density at radius 2 is 1.45 bits per heavy atom. The molecule has 0 aliphatic rings. The number of nitrogens with one attached hydrogen (secondary N) is 1. The molecule has 0 aliphatic carbocycles. The second kappa shape index (κ2) is 14.1. The van der Waals surface area contributed by atoms with Crippen molar-refractivity contribution in [2.75, 3.05) is 17.4 Å². The van der Waals surface area contributed by atoms with Gasteiger partial charge in [-0.2, -0.15) is 0 Å². The van der Waals surface area contributed by atoms with Gasteiger partial charge in [-0.05, 0) is 62.4 Å². The number of carbonyl (C=O) groups excluding carboxylic acids is 2. The summed E-state index contributed by atoms with van der Waals surface area (Å²) in [5, 5.41) is 2.91. The maximum absolute atomic E-state index is 14.1. The van der Waals surface area contributed by atoms with Crippen LogP contribution >= 0.6 is 0 Å². The minimum Gasteiger partial charge on any atom is -0.354 e. The lowest BCUT2D eigenvalue weighted by molar-refractivity contribution is -0.140. The van der Waals surface area contributed by atoms with E-state index in [0.29, 0.717) is 25.1 Å². The van der Waals surface area contributed by atoms with Gasteiger partial charge in [0.2, 0.25) is 11.8 Å². The maximum Gasteiger partial charge on any atom is 0.264 e. The predicted molar refractivity (Wildman–Crippen MR) is 161 cm³/mol. The van der Waals surface area contributed by atoms with Crippen LogP contribution in [0.3, 0.4) is 0 Å². The molecule has 1 unspecified atom stereocenters. The lowest BCUT2D eigenvalue weighted by Crippen LogP contribution is -2.52. The van der Waals surface area contributed by atoms with Gasteiger partial charge in [0.05, 0.1) is 10.6 Å². The van der Waals surface area contributed by atoms with Crippen LogP contribution in [0.15, 0.2) is 77.7 Å². The Morgan fingerprint density at radius 3 is 2.02 bits per heavy atom. The maximum atomic E-state index is 14.1. The van der Waals surface area contributed by atoms with Gasteiger partial charge in [-0.1, -0.05) is 86.5 Å². The van der Waals surface area contributed by atoms with Crippen LogP contribution < -0.4 is 9.62 Å². The zero-order valence-electron chi connectivity index (χ0n) is 24.2. The SMILES string of the molecule is CCCNC(=O)C(CC)N(Cc1ccc(C)cc1)C(=O)CN(c1ccccc1CC)S(=O)(=O)c1ccc(C)cc1. The van der Waals surface area contributed by atoms with Crippen LogP contribution in [0, 0.1) is 13.8 Å². The minimum atomic E-state index is -4.09. The summed E-state index contributed by atoms with van der Waals surface area (Å²) >= 11 is 0. The zero-order valence-corrected chi connectivity index (χ0v) is 25.0. The van der Waals surface area contributed by atoms with Crippen molar-refractivity contribution >= 4 is 27.5 Å². The molecule has 0 aromatic heterocycles. The molecule has 3 aromatic carbocycles. The molecule has 0 spiro atoms. The minimum absolute atomic E-state index is 0.106. The number of carbonyl (C=O) groups is 2. The van der Waals surface area contributed by atoms with E-state index in [-0.39, 0.29) is 17.3 Å². The first-order valence-electron chi connectivity index (χ1n) is 13.9. The summed E-state index contributed by atoms with van der Waals surface area (Å²) in [5.74, 6) is -0.688. The number of rotatable bonds is 13. The molecular formula is C32H41N3O4S. The Balaban J connectivity index is 2.08. The van der Waals surface area contributed by atoms with Crippen molar-refractivity contribution in [3.63, 3.8) is 0 Å². The standard InChI is InChI=1S/C32H41N3O4S/c1-6-21-33-32(37)29(8-3)34(22-26-17-13-24(4)14-18-26)31(36)23-35(30-12-10-9-11-27(30)7-2)40(38,39)28-19-15-25(5)16-20-28/h9-20,29H,6-8,21-23H2,1-5H3,(H,33,37). The van der Waals surface area contributed by atoms with Crippen molar-refractivity contribution in [2.24, 2.45) is 0 Å². The fourth-order valence-electron chi connectivity index (χ4n) is 4.58. The average molecular weight is 564 g/mol. The summed E-state index contributed by atoms with van der Waals surface area (Å²) in [5.41, 5.74) is 4.15. The molecule has 0 aliphatic heterocycles. The summed E-state index contributed by atoms with van der Waals surface area (Å²) < 4.78 is 29.3. The Bertz CT molecular complexity index is 1390. The molecule has 0 saturated heterocycles. The second-order valence-electron chi connectivity index (χ2n) is 10.0. The van der Waals surface area contributed by atoms with Crippen LogP contribution in [0.1, 0.15) is 55.9 Å². The lowest BCUT2D eigenvalue weighted by atomic mass is 10.1. The van der Waals surface area contributed by atoms with Crippen molar-refractivity contribution in [3.8, 4) is 0 Å². The van der Waals surface area contributed by atoms with Gasteiger partial charge in [0.15, 0.2) is 0 Å². The first kappa shape index (κ1) is 30.9. The number of amides is 2. The van der Waals surface area contributed by atoms with Gasteiger partial charge in [-0.3, -0.25) is 13.9 Å². The highest BCUT2D eigenvalue weighted by Gasteiger charge is 2.34. The largest absolute Gasteiger partial charge is 0.354 e. The van der Waals surface area contributed by atoms with Crippen LogP contribution in [-0.4, -0.2) is 44.3 Å². The monoisotopic (exact) mass is 563 g/mol. The zero-order chi connectivity index (χ0) is 29.3. The molecule has 8 heteroatoms. The number of sulfonamides is 1. The van der Waals surface area contributed by atoms with Gasteiger partial charge in [0.1, 0.15) is 12.6 Å². The number of hydrogen-bond acceptors (Lipinski definition) is 4. The van der Waals surface area contributed by atoms with Gasteiger partial charge < -0.3 is 10.2 Å². The molecule has 40 heavy (non-hydrogen) atoms. The first-order valence-corrected chi connectivity index (χ1v) is 15.4. The summed E-state index contributed by atoms with van der Waals surface area (Å²) in [7, 11) is -4.09. The molecule has 7 nitrogen and oxygen atoms in total. The van der Waals surface area contributed by atoms with E-state index in [2.05, 4.69) is 5.32 Å². The van der Waals surface area contributed by atoms with E-state index in [9.17, 15) is 18.0 Å². The fraction of sp³-hybridized carbons (Fsp3) is 0.375. The summed E-state index contributed by atoms with van der Waals surface area (Å²) in [6.45, 7) is 9.90. The summed E-state index contributed by atoms with van der Waals surface area (Å²) in [6, 6.07) is 20.9. The number of benzene rings is 3. The van der Waals surface area contributed by atoms with Crippen molar-refractivity contribution in [3.05, 3.63) is 95.1 Å². The van der Waals surface area contributed by atoms with Crippen LogP contribution in [0.25, 0.3) is 0 Å². The van der Waals surface area contributed by atoms with E-state index in [0.717, 1.165) is 28.7 Å². The van der Waals surface area contributed by atoms with E-state index in [4.69, 9.17) is 0 Å². The Labute approximate surface area is 239 Å². The van der Waals surface area contributed by atoms with Gasteiger partial charge in [0, 0.05) is 13.1 Å². The molecule has 214 valence electrons. The number of hydrogen-bond donors (Lipinski definition) is 1. The number of para-hydroxylation sites is 1. The Kier molecular flexibility index (Phi) is 10.9. The summed E-state index contributed by atoms with van der Waals surface area (Å²) in [6.07, 6.45) is 1.75. The number of anilines is 1. The third-order valence-electron chi connectivity index (χ3n) is 6.94. The second-order valence-corrected chi connectivity index (χ2v) is 11.9. The molecule has 0 saturated carbocycles. The Morgan fingerprint density at radius 1 is 0.850 bits per heavy atom. The van der Waals surface area contributed by atoms with Crippen molar-refractivity contribution in [2.45, 2.75) is 71.4 Å². The van der Waals surface area contributed by atoms with E-state index >= 15 is 0 Å². The molecule has 1 N–H and O–H groups in total. The van der Waals surface area contributed by atoms with Crippen LogP contribution in [0.5, 0.6) is 0 Å². The van der Waals surface area contributed by atoms with Crippen molar-refractivity contribution < 1.29 is 18.0 Å². The predicted octanol–water partition coefficient (Wildman–Crippen LogP) is 5.39. The summed E-state index contributed by atoms with van der Waals surface area (Å²) in [4.78, 5) is 29.0. The quantitative estimate of drug-likeness (QED) is 0.302. The van der Waals surface area contributed by atoms with E-state index in [1.807, 2.05) is 71.0 Å². The van der Waals surface area contributed by atoms with Crippen LogP contribution in [0.2, 0.25) is 0 Å². The number of aryl methyl sites for hydroxylation is 3. The lowest BCUT2D eigenvalue weighted by Gasteiger charge is -2.33. The molecule has 2 amide bonds. The highest BCUT2D eigenvalue weighted by molar-refractivity contribution is 7.92. The van der Waals surface area contributed by atoms with Gasteiger partial charge in [-0.25, -0.2) is 8.42 Å². The molecule has 1 atom stereocenters. The van der Waals surface area contributed by atoms with Crippen molar-refractivity contribution in [1.29, 1.82) is 0 Å². The van der Waals surface area contributed by atoms with Gasteiger partial charge in [-0.15, -0.1) is 0 Å². The molecular weight excluding hydrogens is 522 g/mol. The van der Waals surface area contributed by atoms with Gasteiger partial charge >= 0.3 is 0 Å². The first-order chi connectivity index (χ1) is 19.1. The van der Waals surface area contributed by atoms with Crippen LogP contribution in [0.4, 0.5) is 5.69 Å². The molecule has 0 heterocycles.